The minimum absolute atomic E-state index is 0.00424. The molecule has 1 heterocycles. The lowest BCUT2D eigenvalue weighted by Gasteiger charge is -2.26. The van der Waals surface area contributed by atoms with Gasteiger partial charge in [0.25, 0.3) is 0 Å². The zero-order valence-corrected chi connectivity index (χ0v) is 11.5. The normalized spacial score (nSPS) is 15.0. The van der Waals surface area contributed by atoms with Crippen LogP contribution in [0, 0.1) is 18.8 Å². The molecule has 0 atom stereocenters. The fourth-order valence-electron chi connectivity index (χ4n) is 2.18. The maximum Gasteiger partial charge on any atom is 0.233 e. The quantitative estimate of drug-likeness (QED) is 0.659. The molecule has 4 nitrogen and oxygen atoms in total. The molecule has 0 spiro atoms. The number of hydrogen-bond donors (Lipinski definition) is 1. The van der Waals surface area contributed by atoms with Crippen LogP contribution in [0.2, 0.25) is 0 Å². The summed E-state index contributed by atoms with van der Waals surface area (Å²) in [5.41, 5.74) is 2.22. The summed E-state index contributed by atoms with van der Waals surface area (Å²) in [4.78, 5) is 25.2. The van der Waals surface area contributed by atoms with Gasteiger partial charge in [0.1, 0.15) is 0 Å². The van der Waals surface area contributed by atoms with Crippen LogP contribution in [0.5, 0.6) is 0 Å². The molecule has 1 aliphatic rings. The van der Waals surface area contributed by atoms with Gasteiger partial charge in [-0.1, -0.05) is 17.9 Å². The molecule has 4 heteroatoms. The molecule has 0 unspecified atom stereocenters. The summed E-state index contributed by atoms with van der Waals surface area (Å²) in [5.74, 6) is 5.43. The van der Waals surface area contributed by atoms with Crippen molar-refractivity contribution in [3.05, 3.63) is 29.3 Å². The van der Waals surface area contributed by atoms with Gasteiger partial charge in [-0.25, -0.2) is 4.90 Å². The lowest BCUT2D eigenvalue weighted by Crippen LogP contribution is -2.40. The van der Waals surface area contributed by atoms with Crippen molar-refractivity contribution < 1.29 is 14.7 Å². The number of benzene rings is 1. The van der Waals surface area contributed by atoms with Gasteiger partial charge in [0.05, 0.1) is 12.3 Å². The molecule has 1 fully saturated rings. The number of anilines is 1. The van der Waals surface area contributed by atoms with Crippen LogP contribution in [-0.2, 0) is 9.59 Å². The molecule has 0 saturated carbocycles. The Bertz CT molecular complexity index is 579. The number of aliphatic hydroxyl groups is 1. The Labute approximate surface area is 118 Å². The van der Waals surface area contributed by atoms with E-state index in [1.807, 2.05) is 19.1 Å². The highest BCUT2D eigenvalue weighted by Crippen LogP contribution is 2.26. The number of rotatable bonds is 2. The predicted octanol–water partition coefficient (Wildman–Crippen LogP) is 1.77. The molecular weight excluding hydrogens is 254 g/mol. The van der Waals surface area contributed by atoms with Crippen LogP contribution >= 0.6 is 0 Å². The first kappa shape index (κ1) is 14.3. The standard InChI is InChI=1S/C16H17NO3/c1-12-8-9-14(13(11-12)5-2-3-10-18)17-15(19)6-4-7-16(17)20/h8-9,11,18H,3-4,6-7,10H2,1H3. The summed E-state index contributed by atoms with van der Waals surface area (Å²) in [5, 5.41) is 8.78. The molecule has 0 radical (unpaired) electrons. The maximum atomic E-state index is 12.0. The molecule has 20 heavy (non-hydrogen) atoms. The van der Waals surface area contributed by atoms with Crippen molar-refractivity contribution in [3.63, 3.8) is 0 Å². The first-order chi connectivity index (χ1) is 9.63. The largest absolute Gasteiger partial charge is 0.395 e. The third-order valence-corrected chi connectivity index (χ3v) is 3.13. The van der Waals surface area contributed by atoms with E-state index in [1.54, 1.807) is 6.07 Å². The van der Waals surface area contributed by atoms with E-state index in [4.69, 9.17) is 5.11 Å². The maximum absolute atomic E-state index is 12.0. The van der Waals surface area contributed by atoms with Crippen molar-refractivity contribution in [2.75, 3.05) is 11.5 Å². The van der Waals surface area contributed by atoms with E-state index >= 15 is 0 Å². The SMILES string of the molecule is Cc1ccc(N2C(=O)CCCC2=O)c(C#CCCO)c1. The van der Waals surface area contributed by atoms with Gasteiger partial charge in [-0.05, 0) is 31.0 Å². The smallest absolute Gasteiger partial charge is 0.233 e. The molecule has 1 saturated heterocycles. The van der Waals surface area contributed by atoms with Gasteiger partial charge in [-0.2, -0.15) is 0 Å². The number of carbonyl (C=O) groups is 2. The van der Waals surface area contributed by atoms with Crippen LogP contribution in [0.25, 0.3) is 0 Å². The Morgan fingerprint density at radius 3 is 2.60 bits per heavy atom. The second-order valence-electron chi connectivity index (χ2n) is 4.77. The highest BCUT2D eigenvalue weighted by atomic mass is 16.2. The molecule has 2 rings (SSSR count). The molecule has 1 aromatic rings. The second kappa shape index (κ2) is 6.36. The van der Waals surface area contributed by atoms with Crippen LogP contribution in [0.1, 0.15) is 36.8 Å². The zero-order chi connectivity index (χ0) is 14.5. The topological polar surface area (TPSA) is 57.6 Å². The second-order valence-corrected chi connectivity index (χ2v) is 4.77. The van der Waals surface area contributed by atoms with E-state index in [9.17, 15) is 9.59 Å². The summed E-state index contributed by atoms with van der Waals surface area (Å²) in [7, 11) is 0. The fraction of sp³-hybridized carbons (Fsp3) is 0.375. The summed E-state index contributed by atoms with van der Waals surface area (Å²) < 4.78 is 0. The minimum atomic E-state index is -0.171. The van der Waals surface area contributed by atoms with Gasteiger partial charge in [-0.15, -0.1) is 0 Å². The molecule has 1 aliphatic heterocycles. The number of nitrogens with zero attached hydrogens (tertiary/aromatic N) is 1. The Hall–Kier alpha value is -2.12. The Balaban J connectivity index is 2.42. The van der Waals surface area contributed by atoms with Crippen molar-refractivity contribution in [2.45, 2.75) is 32.6 Å². The van der Waals surface area contributed by atoms with Gasteiger partial charge in [-0.3, -0.25) is 9.59 Å². The fourth-order valence-corrected chi connectivity index (χ4v) is 2.18. The monoisotopic (exact) mass is 271 g/mol. The van der Waals surface area contributed by atoms with E-state index in [1.165, 1.54) is 4.90 Å². The molecule has 2 amide bonds. The van der Waals surface area contributed by atoms with Crippen molar-refractivity contribution >= 4 is 17.5 Å². The summed E-state index contributed by atoms with van der Waals surface area (Å²) >= 11 is 0. The first-order valence-corrected chi connectivity index (χ1v) is 6.69. The van der Waals surface area contributed by atoms with Crippen LogP contribution in [0.3, 0.4) is 0 Å². The van der Waals surface area contributed by atoms with Crippen LogP contribution in [-0.4, -0.2) is 23.5 Å². The van der Waals surface area contributed by atoms with Crippen LogP contribution in [0.4, 0.5) is 5.69 Å². The van der Waals surface area contributed by atoms with Crippen LogP contribution in [0.15, 0.2) is 18.2 Å². The number of imide groups is 1. The van der Waals surface area contributed by atoms with Gasteiger partial charge in [0, 0.05) is 24.8 Å². The Morgan fingerprint density at radius 1 is 1.25 bits per heavy atom. The van der Waals surface area contributed by atoms with Crippen molar-refractivity contribution in [3.8, 4) is 11.8 Å². The first-order valence-electron chi connectivity index (χ1n) is 6.69. The van der Waals surface area contributed by atoms with E-state index in [0.29, 0.717) is 36.9 Å². The minimum Gasteiger partial charge on any atom is -0.395 e. The molecule has 0 aromatic heterocycles. The number of aryl methyl sites for hydroxylation is 1. The van der Waals surface area contributed by atoms with E-state index in [-0.39, 0.29) is 18.4 Å². The molecule has 1 N–H and O–H groups in total. The number of carbonyl (C=O) groups excluding carboxylic acids is 2. The third-order valence-electron chi connectivity index (χ3n) is 3.13. The number of aliphatic hydroxyl groups excluding tert-OH is 1. The van der Waals surface area contributed by atoms with Gasteiger partial charge >= 0.3 is 0 Å². The van der Waals surface area contributed by atoms with Crippen molar-refractivity contribution in [2.24, 2.45) is 0 Å². The van der Waals surface area contributed by atoms with Crippen molar-refractivity contribution in [1.82, 2.24) is 0 Å². The molecule has 104 valence electrons. The molecule has 0 aliphatic carbocycles. The van der Waals surface area contributed by atoms with Gasteiger partial charge < -0.3 is 5.11 Å². The number of amides is 2. The predicted molar refractivity (Wildman–Crippen MR) is 76.1 cm³/mol. The molecular formula is C16H17NO3. The Kier molecular flexibility index (Phi) is 4.54. The summed E-state index contributed by atoms with van der Waals surface area (Å²) in [6.45, 7) is 1.93. The van der Waals surface area contributed by atoms with Gasteiger partial charge in [0.2, 0.25) is 11.8 Å². The zero-order valence-electron chi connectivity index (χ0n) is 11.5. The Morgan fingerprint density at radius 2 is 1.95 bits per heavy atom. The highest BCUT2D eigenvalue weighted by molar-refractivity contribution is 6.17. The average Bonchev–Trinajstić information content (AvgIpc) is 2.41. The van der Waals surface area contributed by atoms with E-state index in [2.05, 4.69) is 11.8 Å². The number of hydrogen-bond acceptors (Lipinski definition) is 3. The summed E-state index contributed by atoms with van der Waals surface area (Å²) in [6, 6.07) is 5.48. The summed E-state index contributed by atoms with van der Waals surface area (Å²) in [6.07, 6.45) is 1.77. The van der Waals surface area contributed by atoms with Crippen LogP contribution < -0.4 is 4.90 Å². The average molecular weight is 271 g/mol. The number of piperidine rings is 1. The van der Waals surface area contributed by atoms with Crippen molar-refractivity contribution in [1.29, 1.82) is 0 Å². The van der Waals surface area contributed by atoms with E-state index in [0.717, 1.165) is 5.56 Å². The third kappa shape index (κ3) is 3.06. The van der Waals surface area contributed by atoms with Gasteiger partial charge in [0.15, 0.2) is 0 Å². The molecule has 1 aromatic carbocycles. The molecule has 0 bridgehead atoms. The highest BCUT2D eigenvalue weighted by Gasteiger charge is 2.28. The van der Waals surface area contributed by atoms with E-state index < -0.39 is 0 Å². The lowest BCUT2D eigenvalue weighted by molar-refractivity contribution is -0.129. The lowest BCUT2D eigenvalue weighted by atomic mass is 10.0.